The fraction of sp³-hybridized carbons (Fsp3) is 0.533. The lowest BCUT2D eigenvalue weighted by atomic mass is 10.2. The van der Waals surface area contributed by atoms with Crippen LogP contribution in [0.25, 0.3) is 10.2 Å². The Hall–Kier alpha value is -0.970. The van der Waals surface area contributed by atoms with E-state index in [0.29, 0.717) is 6.61 Å². The van der Waals surface area contributed by atoms with Gasteiger partial charge in [-0.2, -0.15) is 0 Å². The van der Waals surface area contributed by atoms with Crippen molar-refractivity contribution in [1.82, 2.24) is 9.88 Å². The van der Waals surface area contributed by atoms with Gasteiger partial charge in [0.2, 0.25) is 0 Å². The third-order valence-corrected chi connectivity index (χ3v) is 4.51. The second kappa shape index (κ2) is 5.99. The second-order valence-corrected chi connectivity index (χ2v) is 6.23. The van der Waals surface area contributed by atoms with Crippen molar-refractivity contribution < 1.29 is 5.11 Å². The van der Waals surface area contributed by atoms with Crippen LogP contribution in [-0.2, 0) is 6.54 Å². The molecule has 19 heavy (non-hydrogen) atoms. The van der Waals surface area contributed by atoms with Gasteiger partial charge < -0.3 is 5.11 Å². The molecular formula is C15H20N2OS. The van der Waals surface area contributed by atoms with E-state index in [0.717, 1.165) is 37.5 Å². The van der Waals surface area contributed by atoms with Gasteiger partial charge in [0.1, 0.15) is 0 Å². The van der Waals surface area contributed by atoms with Crippen molar-refractivity contribution in [2.45, 2.75) is 38.3 Å². The molecule has 102 valence electrons. The van der Waals surface area contributed by atoms with Gasteiger partial charge in [0.15, 0.2) is 0 Å². The van der Waals surface area contributed by atoms with Crippen LogP contribution < -0.4 is 0 Å². The van der Waals surface area contributed by atoms with Crippen molar-refractivity contribution in [2.24, 2.45) is 0 Å². The molecule has 0 radical (unpaired) electrons. The van der Waals surface area contributed by atoms with E-state index < -0.39 is 0 Å². The summed E-state index contributed by atoms with van der Waals surface area (Å²) >= 11 is 1.76. The van der Waals surface area contributed by atoms with Gasteiger partial charge in [-0.05, 0) is 55.3 Å². The molecular weight excluding hydrogens is 256 g/mol. The van der Waals surface area contributed by atoms with Gasteiger partial charge in [0, 0.05) is 25.4 Å². The monoisotopic (exact) mass is 276 g/mol. The summed E-state index contributed by atoms with van der Waals surface area (Å²) in [6.45, 7) is 2.39. The Kier molecular flexibility index (Phi) is 4.11. The molecule has 1 N–H and O–H groups in total. The molecule has 2 aromatic rings. The highest BCUT2D eigenvalue weighted by molar-refractivity contribution is 7.17. The number of hydrogen-bond donors (Lipinski definition) is 1. The summed E-state index contributed by atoms with van der Waals surface area (Å²) in [5, 5.41) is 11.0. The highest BCUT2D eigenvalue weighted by atomic mass is 32.1. The first-order chi connectivity index (χ1) is 9.36. The predicted molar refractivity (Wildman–Crippen MR) is 79.4 cm³/mol. The summed E-state index contributed by atoms with van der Waals surface area (Å²) in [6, 6.07) is 5.11. The van der Waals surface area contributed by atoms with E-state index in [-0.39, 0.29) is 0 Å². The number of aliphatic hydroxyl groups excluding tert-OH is 1. The maximum Gasteiger partial charge on any atom is 0.0809 e. The standard InChI is InChI=1S/C15H20N2OS/c18-7-2-1-6-17(13-3-4-13)11-12-9-15-14(16-10-12)5-8-19-15/h5,8-10,13,18H,1-4,6-7,11H2. The first-order valence-electron chi connectivity index (χ1n) is 7.04. The number of hydrogen-bond acceptors (Lipinski definition) is 4. The lowest BCUT2D eigenvalue weighted by Crippen LogP contribution is -2.26. The summed E-state index contributed by atoms with van der Waals surface area (Å²) in [4.78, 5) is 7.06. The van der Waals surface area contributed by atoms with Crippen LogP contribution in [0.4, 0.5) is 0 Å². The molecule has 4 heteroatoms. The zero-order valence-corrected chi connectivity index (χ0v) is 11.9. The topological polar surface area (TPSA) is 36.4 Å². The van der Waals surface area contributed by atoms with Crippen molar-refractivity contribution >= 4 is 21.6 Å². The molecule has 1 aliphatic rings. The van der Waals surface area contributed by atoms with E-state index in [1.165, 1.54) is 23.1 Å². The second-order valence-electron chi connectivity index (χ2n) is 5.28. The molecule has 1 saturated carbocycles. The van der Waals surface area contributed by atoms with E-state index in [1.54, 1.807) is 11.3 Å². The fourth-order valence-corrected chi connectivity index (χ4v) is 3.27. The van der Waals surface area contributed by atoms with E-state index >= 15 is 0 Å². The number of unbranched alkanes of at least 4 members (excludes halogenated alkanes) is 1. The lowest BCUT2D eigenvalue weighted by Gasteiger charge is -2.21. The predicted octanol–water partition coefficient (Wildman–Crippen LogP) is 3.03. The van der Waals surface area contributed by atoms with Gasteiger partial charge in [0.25, 0.3) is 0 Å². The van der Waals surface area contributed by atoms with E-state index in [2.05, 4.69) is 27.4 Å². The molecule has 2 heterocycles. The van der Waals surface area contributed by atoms with Crippen LogP contribution in [0.1, 0.15) is 31.2 Å². The van der Waals surface area contributed by atoms with Crippen LogP contribution in [-0.4, -0.2) is 34.2 Å². The van der Waals surface area contributed by atoms with Crippen LogP contribution in [0.15, 0.2) is 23.7 Å². The Morgan fingerprint density at radius 3 is 3.05 bits per heavy atom. The third kappa shape index (κ3) is 3.32. The van der Waals surface area contributed by atoms with Gasteiger partial charge in [-0.25, -0.2) is 0 Å². The maximum absolute atomic E-state index is 8.89. The summed E-state index contributed by atoms with van der Waals surface area (Å²) in [6.07, 6.45) is 6.66. The molecule has 0 bridgehead atoms. The average molecular weight is 276 g/mol. The van der Waals surface area contributed by atoms with Gasteiger partial charge in [-0.15, -0.1) is 11.3 Å². The van der Waals surface area contributed by atoms with Crippen molar-refractivity contribution in [1.29, 1.82) is 0 Å². The Morgan fingerprint density at radius 2 is 2.26 bits per heavy atom. The summed E-state index contributed by atoms with van der Waals surface area (Å²) < 4.78 is 1.28. The Balaban J connectivity index is 1.66. The fourth-order valence-electron chi connectivity index (χ4n) is 2.47. The first kappa shape index (κ1) is 13.0. The zero-order chi connectivity index (χ0) is 13.1. The Morgan fingerprint density at radius 1 is 1.37 bits per heavy atom. The quantitative estimate of drug-likeness (QED) is 0.790. The van der Waals surface area contributed by atoms with Gasteiger partial charge in [-0.1, -0.05) is 0 Å². The molecule has 3 nitrogen and oxygen atoms in total. The van der Waals surface area contributed by atoms with Crippen LogP contribution in [0.5, 0.6) is 0 Å². The number of aliphatic hydroxyl groups is 1. The van der Waals surface area contributed by atoms with Gasteiger partial charge >= 0.3 is 0 Å². The molecule has 0 aliphatic heterocycles. The number of fused-ring (bicyclic) bond motifs is 1. The lowest BCUT2D eigenvalue weighted by molar-refractivity contribution is 0.228. The summed E-state index contributed by atoms with van der Waals surface area (Å²) in [7, 11) is 0. The van der Waals surface area contributed by atoms with Crippen LogP contribution >= 0.6 is 11.3 Å². The number of thiophene rings is 1. The van der Waals surface area contributed by atoms with Crippen LogP contribution in [0, 0.1) is 0 Å². The van der Waals surface area contributed by atoms with E-state index in [4.69, 9.17) is 5.11 Å². The van der Waals surface area contributed by atoms with Crippen LogP contribution in [0.3, 0.4) is 0 Å². The minimum absolute atomic E-state index is 0.307. The molecule has 0 spiro atoms. The normalized spacial score (nSPS) is 15.5. The molecule has 0 atom stereocenters. The molecule has 0 amide bonds. The number of nitrogens with zero attached hydrogens (tertiary/aromatic N) is 2. The minimum atomic E-state index is 0.307. The average Bonchev–Trinajstić information content (AvgIpc) is 3.16. The molecule has 0 unspecified atom stereocenters. The number of aromatic nitrogens is 1. The molecule has 0 aromatic carbocycles. The molecule has 0 saturated heterocycles. The summed E-state index contributed by atoms with van der Waals surface area (Å²) in [5.41, 5.74) is 2.41. The zero-order valence-electron chi connectivity index (χ0n) is 11.1. The summed E-state index contributed by atoms with van der Waals surface area (Å²) in [5.74, 6) is 0. The Labute approximate surface area is 117 Å². The minimum Gasteiger partial charge on any atom is -0.396 e. The molecule has 2 aromatic heterocycles. The highest BCUT2D eigenvalue weighted by Crippen LogP contribution is 2.29. The van der Waals surface area contributed by atoms with Crippen molar-refractivity contribution in [2.75, 3.05) is 13.2 Å². The van der Waals surface area contributed by atoms with Gasteiger partial charge in [0.05, 0.1) is 10.2 Å². The van der Waals surface area contributed by atoms with E-state index in [1.807, 2.05) is 6.20 Å². The van der Waals surface area contributed by atoms with Crippen molar-refractivity contribution in [3.05, 3.63) is 29.3 Å². The SMILES string of the molecule is OCCCCN(Cc1cnc2ccsc2c1)C1CC1. The number of rotatable bonds is 7. The molecule has 1 aliphatic carbocycles. The highest BCUT2D eigenvalue weighted by Gasteiger charge is 2.28. The van der Waals surface area contributed by atoms with Gasteiger partial charge in [-0.3, -0.25) is 9.88 Å². The molecule has 1 fully saturated rings. The third-order valence-electron chi connectivity index (χ3n) is 3.66. The van der Waals surface area contributed by atoms with Crippen LogP contribution in [0.2, 0.25) is 0 Å². The number of pyridine rings is 1. The largest absolute Gasteiger partial charge is 0.396 e. The van der Waals surface area contributed by atoms with Crippen molar-refractivity contribution in [3.63, 3.8) is 0 Å². The first-order valence-corrected chi connectivity index (χ1v) is 7.92. The maximum atomic E-state index is 8.89. The molecule has 3 rings (SSSR count). The van der Waals surface area contributed by atoms with E-state index in [9.17, 15) is 0 Å². The Bertz CT molecular complexity index is 536. The smallest absolute Gasteiger partial charge is 0.0809 e. The van der Waals surface area contributed by atoms with Crippen molar-refractivity contribution in [3.8, 4) is 0 Å².